The number of carbonyl (C=O) groups is 1. The predicted molar refractivity (Wildman–Crippen MR) is 111 cm³/mol. The van der Waals surface area contributed by atoms with E-state index < -0.39 is 5.91 Å². The molecular weight excluding hydrogens is 372 g/mol. The highest BCUT2D eigenvalue weighted by Gasteiger charge is 2.18. The lowest BCUT2D eigenvalue weighted by atomic mass is 10.0. The van der Waals surface area contributed by atoms with Crippen molar-refractivity contribution in [2.24, 2.45) is 5.73 Å². The minimum atomic E-state index is -0.489. The Labute approximate surface area is 167 Å². The molecule has 0 aliphatic heterocycles. The molecule has 2 heterocycles. The zero-order valence-corrected chi connectivity index (χ0v) is 16.1. The number of nitrogens with zero attached hydrogens (tertiary/aromatic N) is 3. The van der Waals surface area contributed by atoms with Gasteiger partial charge in [-0.15, -0.1) is 0 Å². The first-order chi connectivity index (χ1) is 13.6. The molecule has 0 radical (unpaired) electrons. The molecule has 0 unspecified atom stereocenters. The molecule has 6 heteroatoms. The minimum absolute atomic E-state index is 0.415. The number of aryl methyl sites for hydroxylation is 1. The average Bonchev–Trinajstić information content (AvgIpc) is 3.09. The zero-order valence-electron chi connectivity index (χ0n) is 15.4. The van der Waals surface area contributed by atoms with Gasteiger partial charge in [-0.1, -0.05) is 54.9 Å². The highest BCUT2D eigenvalue weighted by atomic mass is 35.5. The smallest absolute Gasteiger partial charge is 0.267 e. The summed E-state index contributed by atoms with van der Waals surface area (Å²) in [4.78, 5) is 20.8. The Kier molecular flexibility index (Phi) is 4.84. The molecule has 0 spiro atoms. The van der Waals surface area contributed by atoms with Crippen LogP contribution < -0.4 is 5.73 Å². The van der Waals surface area contributed by atoms with Gasteiger partial charge >= 0.3 is 0 Å². The third kappa shape index (κ3) is 3.37. The number of amides is 1. The second kappa shape index (κ2) is 7.44. The van der Waals surface area contributed by atoms with Gasteiger partial charge in [0.15, 0.2) is 0 Å². The fourth-order valence-electron chi connectivity index (χ4n) is 3.38. The molecule has 0 saturated heterocycles. The molecule has 2 aromatic heterocycles. The van der Waals surface area contributed by atoms with Crippen molar-refractivity contribution in [3.05, 3.63) is 88.5 Å². The van der Waals surface area contributed by atoms with E-state index >= 15 is 0 Å². The van der Waals surface area contributed by atoms with Crippen LogP contribution in [0.2, 0.25) is 5.02 Å². The van der Waals surface area contributed by atoms with Crippen LogP contribution in [0, 0.1) is 0 Å². The van der Waals surface area contributed by atoms with E-state index in [-0.39, 0.29) is 0 Å². The number of hydrogen-bond acceptors (Lipinski definition) is 3. The lowest BCUT2D eigenvalue weighted by Crippen LogP contribution is -2.17. The van der Waals surface area contributed by atoms with Gasteiger partial charge in [0.25, 0.3) is 5.91 Å². The number of hydrogen-bond donors (Lipinski definition) is 1. The average molecular weight is 391 g/mol. The van der Waals surface area contributed by atoms with Gasteiger partial charge in [-0.3, -0.25) is 9.20 Å². The summed E-state index contributed by atoms with van der Waals surface area (Å²) in [7, 11) is 0. The highest BCUT2D eigenvalue weighted by Crippen LogP contribution is 2.23. The van der Waals surface area contributed by atoms with Gasteiger partial charge in [-0.2, -0.15) is 0 Å². The van der Waals surface area contributed by atoms with Gasteiger partial charge in [0.05, 0.1) is 5.69 Å². The molecule has 2 aromatic carbocycles. The van der Waals surface area contributed by atoms with Crippen LogP contribution in [0.25, 0.3) is 16.9 Å². The Morgan fingerprint density at radius 2 is 1.68 bits per heavy atom. The molecule has 28 heavy (non-hydrogen) atoms. The van der Waals surface area contributed by atoms with E-state index in [2.05, 4.69) is 34.2 Å². The first-order valence-electron chi connectivity index (χ1n) is 9.06. The van der Waals surface area contributed by atoms with Gasteiger partial charge in [0.2, 0.25) is 5.78 Å². The quantitative estimate of drug-likeness (QED) is 0.552. The minimum Gasteiger partial charge on any atom is -0.364 e. The van der Waals surface area contributed by atoms with E-state index in [0.29, 0.717) is 30.0 Å². The second-order valence-corrected chi connectivity index (χ2v) is 7.01. The second-order valence-electron chi connectivity index (χ2n) is 6.58. The molecule has 4 aromatic rings. The van der Waals surface area contributed by atoms with Crippen LogP contribution in [0.15, 0.2) is 60.8 Å². The summed E-state index contributed by atoms with van der Waals surface area (Å²) >= 11 is 5.96. The number of benzene rings is 2. The SMILES string of the molecule is CCc1nc2nccc(Cc3ccc(-c4ccc(Cl)cc4)cc3)n2c1C(N)=O. The van der Waals surface area contributed by atoms with E-state index in [9.17, 15) is 4.79 Å². The van der Waals surface area contributed by atoms with Crippen molar-refractivity contribution in [1.82, 2.24) is 14.4 Å². The van der Waals surface area contributed by atoms with Crippen molar-refractivity contribution in [3.63, 3.8) is 0 Å². The largest absolute Gasteiger partial charge is 0.364 e. The van der Waals surface area contributed by atoms with E-state index in [1.165, 1.54) is 0 Å². The number of rotatable bonds is 5. The maximum Gasteiger partial charge on any atom is 0.267 e. The molecule has 0 fully saturated rings. The fraction of sp³-hybridized carbons (Fsp3) is 0.136. The number of carbonyl (C=O) groups excluding carboxylic acids is 1. The molecule has 1 amide bonds. The summed E-state index contributed by atoms with van der Waals surface area (Å²) in [6.45, 7) is 1.95. The van der Waals surface area contributed by atoms with Crippen molar-refractivity contribution in [1.29, 1.82) is 0 Å². The van der Waals surface area contributed by atoms with Gasteiger partial charge in [-0.05, 0) is 41.3 Å². The molecule has 0 saturated carbocycles. The Morgan fingerprint density at radius 3 is 2.29 bits per heavy atom. The standard InChI is InChI=1S/C22H19ClN4O/c1-2-19-20(21(24)28)27-18(11-12-25-22(27)26-19)13-14-3-5-15(6-4-14)16-7-9-17(23)10-8-16/h3-12H,2,13H2,1H3,(H2,24,28). The van der Waals surface area contributed by atoms with Gasteiger partial charge in [0.1, 0.15) is 5.69 Å². The van der Waals surface area contributed by atoms with Gasteiger partial charge in [-0.25, -0.2) is 9.97 Å². The number of fused-ring (bicyclic) bond motifs is 1. The normalized spacial score (nSPS) is 11.1. The third-order valence-corrected chi connectivity index (χ3v) is 5.01. The number of nitrogens with two attached hydrogens (primary N) is 1. The van der Waals surface area contributed by atoms with Crippen LogP contribution in [0.4, 0.5) is 0 Å². The topological polar surface area (TPSA) is 73.3 Å². The number of primary amides is 1. The molecular formula is C22H19ClN4O. The number of halogens is 1. The van der Waals surface area contributed by atoms with Crippen LogP contribution >= 0.6 is 11.6 Å². The van der Waals surface area contributed by atoms with Crippen molar-refractivity contribution >= 4 is 23.3 Å². The molecule has 0 bridgehead atoms. The highest BCUT2D eigenvalue weighted by molar-refractivity contribution is 6.30. The summed E-state index contributed by atoms with van der Waals surface area (Å²) in [5.41, 5.74) is 11.0. The van der Waals surface area contributed by atoms with Gasteiger partial charge in [0, 0.05) is 23.3 Å². The fourth-order valence-corrected chi connectivity index (χ4v) is 3.51. The lowest BCUT2D eigenvalue weighted by molar-refractivity contribution is 0.0993. The Balaban J connectivity index is 1.69. The predicted octanol–water partition coefficient (Wildman–Crippen LogP) is 4.30. The van der Waals surface area contributed by atoms with Crippen molar-refractivity contribution in [3.8, 4) is 11.1 Å². The molecule has 2 N–H and O–H groups in total. The Morgan fingerprint density at radius 1 is 1.04 bits per heavy atom. The van der Waals surface area contributed by atoms with E-state index in [1.54, 1.807) is 10.6 Å². The summed E-state index contributed by atoms with van der Waals surface area (Å²) in [5.74, 6) is 0.0117. The molecule has 140 valence electrons. The third-order valence-electron chi connectivity index (χ3n) is 4.76. The Hall–Kier alpha value is -3.18. The lowest BCUT2D eigenvalue weighted by Gasteiger charge is -2.09. The maximum atomic E-state index is 12.0. The number of imidazole rings is 1. The molecule has 4 rings (SSSR count). The van der Waals surface area contributed by atoms with E-state index in [4.69, 9.17) is 17.3 Å². The van der Waals surface area contributed by atoms with Crippen molar-refractivity contribution in [2.75, 3.05) is 0 Å². The summed E-state index contributed by atoms with van der Waals surface area (Å²) in [6.07, 6.45) is 2.97. The Bertz CT molecular complexity index is 1150. The van der Waals surface area contributed by atoms with Crippen molar-refractivity contribution < 1.29 is 4.79 Å². The summed E-state index contributed by atoms with van der Waals surface area (Å²) in [6, 6.07) is 18.0. The first kappa shape index (κ1) is 18.2. The van der Waals surface area contributed by atoms with E-state index in [1.807, 2.05) is 37.3 Å². The molecule has 5 nitrogen and oxygen atoms in total. The summed E-state index contributed by atoms with van der Waals surface area (Å²) < 4.78 is 1.77. The molecule has 0 atom stereocenters. The first-order valence-corrected chi connectivity index (χ1v) is 9.44. The van der Waals surface area contributed by atoms with Crippen LogP contribution in [-0.2, 0) is 12.8 Å². The van der Waals surface area contributed by atoms with Crippen LogP contribution in [0.5, 0.6) is 0 Å². The van der Waals surface area contributed by atoms with Gasteiger partial charge < -0.3 is 5.73 Å². The van der Waals surface area contributed by atoms with Crippen molar-refractivity contribution in [2.45, 2.75) is 19.8 Å². The molecule has 0 aliphatic carbocycles. The summed E-state index contributed by atoms with van der Waals surface area (Å²) in [5, 5.41) is 0.721. The monoisotopic (exact) mass is 390 g/mol. The molecule has 0 aliphatic rings. The van der Waals surface area contributed by atoms with Crippen LogP contribution in [-0.4, -0.2) is 20.3 Å². The zero-order chi connectivity index (χ0) is 19.7. The van der Waals surface area contributed by atoms with Crippen LogP contribution in [0.1, 0.15) is 34.4 Å². The maximum absolute atomic E-state index is 12.0. The number of aromatic nitrogens is 3. The van der Waals surface area contributed by atoms with Crippen LogP contribution in [0.3, 0.4) is 0 Å². The van der Waals surface area contributed by atoms with E-state index in [0.717, 1.165) is 27.4 Å².